The molecule has 4 atom stereocenters. The average molecular weight is 427 g/mol. The van der Waals surface area contributed by atoms with Gasteiger partial charge < -0.3 is 0 Å². The highest BCUT2D eigenvalue weighted by molar-refractivity contribution is 6.76. The van der Waals surface area contributed by atoms with Gasteiger partial charge in [0.05, 0.1) is 0 Å². The molecule has 3 aliphatic rings. The van der Waals surface area contributed by atoms with Crippen LogP contribution in [0, 0.1) is 35.5 Å². The van der Waals surface area contributed by atoms with Crippen LogP contribution in [-0.4, -0.2) is 20.4 Å². The molecule has 0 amide bonds. The summed E-state index contributed by atoms with van der Waals surface area (Å²) in [5, 5.41) is 0. The van der Waals surface area contributed by atoms with Crippen molar-refractivity contribution in [2.45, 2.75) is 128 Å². The van der Waals surface area contributed by atoms with E-state index in [2.05, 4.69) is 19.6 Å². The van der Waals surface area contributed by atoms with Gasteiger partial charge in [0.25, 0.3) is 0 Å². The molecule has 0 aromatic heterocycles. The van der Waals surface area contributed by atoms with Gasteiger partial charge >= 0.3 is 0 Å². The Morgan fingerprint density at radius 1 is 0.655 bits per heavy atom. The predicted molar refractivity (Wildman–Crippen MR) is 125 cm³/mol. The molecular formula is C26H48F2Si. The first kappa shape index (κ1) is 23.7. The molecule has 3 saturated carbocycles. The highest BCUT2D eigenvalue weighted by Gasteiger charge is 2.43. The fraction of sp³-hybridized carbons (Fsp3) is 1.00. The molecule has 0 spiro atoms. The van der Waals surface area contributed by atoms with Crippen molar-refractivity contribution in [2.75, 3.05) is 0 Å². The van der Waals surface area contributed by atoms with Gasteiger partial charge in [0.2, 0.25) is 0 Å². The van der Waals surface area contributed by atoms with Crippen molar-refractivity contribution < 1.29 is 8.78 Å². The molecule has 0 nitrogen and oxygen atoms in total. The van der Waals surface area contributed by atoms with E-state index in [9.17, 15) is 8.78 Å². The Kier molecular flexibility index (Phi) is 8.67. The standard InChI is InChI=1S/C26H48F2Si/c1-19-8-17-24(26(28)25(19)27)23-15-13-22(14-16-23)21-11-9-20(10-12-21)7-5-6-18-29(2,3)4/h19-26H,5-18H2,1-4H3. The van der Waals surface area contributed by atoms with E-state index in [1.807, 2.05) is 6.92 Å². The number of alkyl halides is 2. The fourth-order valence-corrected chi connectivity index (χ4v) is 8.21. The molecule has 0 bridgehead atoms. The number of halogens is 2. The predicted octanol–water partition coefficient (Wildman–Crippen LogP) is 8.83. The van der Waals surface area contributed by atoms with Crippen LogP contribution in [0.25, 0.3) is 0 Å². The quantitative estimate of drug-likeness (QED) is 0.282. The molecule has 3 rings (SSSR count). The monoisotopic (exact) mass is 426 g/mol. The van der Waals surface area contributed by atoms with Gasteiger partial charge in [0.15, 0.2) is 0 Å². The molecule has 0 heterocycles. The number of rotatable bonds is 7. The van der Waals surface area contributed by atoms with Gasteiger partial charge in [-0.3, -0.25) is 0 Å². The van der Waals surface area contributed by atoms with Crippen LogP contribution in [0.4, 0.5) is 8.78 Å². The summed E-state index contributed by atoms with van der Waals surface area (Å²) >= 11 is 0. The Labute approximate surface area is 181 Å². The zero-order chi connectivity index (χ0) is 21.0. The van der Waals surface area contributed by atoms with Crippen molar-refractivity contribution in [1.29, 1.82) is 0 Å². The van der Waals surface area contributed by atoms with E-state index in [0.717, 1.165) is 43.4 Å². The summed E-state index contributed by atoms with van der Waals surface area (Å²) in [4.78, 5) is 0. The Morgan fingerprint density at radius 3 is 1.79 bits per heavy atom. The van der Waals surface area contributed by atoms with Gasteiger partial charge in [-0.2, -0.15) is 0 Å². The molecule has 29 heavy (non-hydrogen) atoms. The number of unbranched alkanes of at least 4 members (excludes halogenated alkanes) is 1. The van der Waals surface area contributed by atoms with Crippen LogP contribution < -0.4 is 0 Å². The molecule has 3 fully saturated rings. The first-order chi connectivity index (χ1) is 13.7. The number of hydrogen-bond donors (Lipinski definition) is 0. The average Bonchev–Trinajstić information content (AvgIpc) is 2.70. The summed E-state index contributed by atoms with van der Waals surface area (Å²) in [5.41, 5.74) is 0. The van der Waals surface area contributed by atoms with Gasteiger partial charge in [0, 0.05) is 8.07 Å². The van der Waals surface area contributed by atoms with E-state index in [4.69, 9.17) is 0 Å². The summed E-state index contributed by atoms with van der Waals surface area (Å²) in [7, 11) is -0.852. The lowest BCUT2D eigenvalue weighted by molar-refractivity contribution is -0.0101. The third-order valence-corrected chi connectivity index (χ3v) is 10.8. The van der Waals surface area contributed by atoms with E-state index in [-0.39, 0.29) is 11.8 Å². The maximum Gasteiger partial charge on any atom is 0.134 e. The largest absolute Gasteiger partial charge is 0.244 e. The van der Waals surface area contributed by atoms with Crippen LogP contribution in [0.5, 0.6) is 0 Å². The Morgan fingerprint density at radius 2 is 1.21 bits per heavy atom. The molecule has 0 N–H and O–H groups in total. The zero-order valence-corrected chi connectivity index (χ0v) is 20.8. The molecule has 0 aromatic carbocycles. The summed E-state index contributed by atoms with van der Waals surface area (Å²) < 4.78 is 28.8. The van der Waals surface area contributed by atoms with E-state index < -0.39 is 20.4 Å². The van der Waals surface area contributed by atoms with E-state index >= 15 is 0 Å². The molecule has 0 radical (unpaired) electrons. The lowest BCUT2D eigenvalue weighted by Crippen LogP contribution is -2.41. The second-order valence-electron chi connectivity index (χ2n) is 12.4. The van der Waals surface area contributed by atoms with Crippen LogP contribution in [0.2, 0.25) is 25.7 Å². The van der Waals surface area contributed by atoms with Crippen LogP contribution in [0.1, 0.15) is 90.4 Å². The SMILES string of the molecule is CC1CCC(C2CCC(C3CCC(CCCC[Si](C)(C)C)CC3)CC2)C(F)C1F. The molecule has 0 aliphatic heterocycles. The minimum Gasteiger partial charge on any atom is -0.244 e. The zero-order valence-electron chi connectivity index (χ0n) is 19.8. The Bertz CT molecular complexity index is 472. The maximum atomic E-state index is 14.6. The van der Waals surface area contributed by atoms with Crippen molar-refractivity contribution in [2.24, 2.45) is 35.5 Å². The molecular weight excluding hydrogens is 378 g/mol. The van der Waals surface area contributed by atoms with Crippen molar-refractivity contribution >= 4 is 8.07 Å². The van der Waals surface area contributed by atoms with Gasteiger partial charge in [-0.05, 0) is 86.9 Å². The fourth-order valence-electron chi connectivity index (χ4n) is 6.90. The first-order valence-corrected chi connectivity index (χ1v) is 16.7. The van der Waals surface area contributed by atoms with E-state index in [1.165, 1.54) is 63.8 Å². The van der Waals surface area contributed by atoms with Crippen LogP contribution in [0.3, 0.4) is 0 Å². The van der Waals surface area contributed by atoms with E-state index in [1.54, 1.807) is 0 Å². The van der Waals surface area contributed by atoms with Gasteiger partial charge in [0.1, 0.15) is 12.3 Å². The lowest BCUT2D eigenvalue weighted by atomic mass is 9.64. The minimum atomic E-state index is -1.22. The lowest BCUT2D eigenvalue weighted by Gasteiger charge is -2.43. The molecule has 3 aliphatic carbocycles. The van der Waals surface area contributed by atoms with Crippen LogP contribution in [0.15, 0.2) is 0 Å². The van der Waals surface area contributed by atoms with Crippen LogP contribution in [-0.2, 0) is 0 Å². The summed E-state index contributed by atoms with van der Waals surface area (Å²) in [6.07, 6.45) is 14.4. The van der Waals surface area contributed by atoms with E-state index in [0.29, 0.717) is 5.92 Å². The van der Waals surface area contributed by atoms with Crippen molar-refractivity contribution in [3.8, 4) is 0 Å². The summed E-state index contributed by atoms with van der Waals surface area (Å²) in [6.45, 7) is 9.36. The van der Waals surface area contributed by atoms with Crippen molar-refractivity contribution in [3.63, 3.8) is 0 Å². The van der Waals surface area contributed by atoms with Crippen molar-refractivity contribution in [3.05, 3.63) is 0 Å². The maximum absolute atomic E-state index is 14.6. The van der Waals surface area contributed by atoms with Gasteiger partial charge in [-0.15, -0.1) is 0 Å². The molecule has 4 unspecified atom stereocenters. The highest BCUT2D eigenvalue weighted by Crippen LogP contribution is 2.47. The van der Waals surface area contributed by atoms with Crippen molar-refractivity contribution in [1.82, 2.24) is 0 Å². The summed E-state index contributed by atoms with van der Waals surface area (Å²) in [5.74, 6) is 3.17. The van der Waals surface area contributed by atoms with Gasteiger partial charge in [-0.25, -0.2) is 8.78 Å². The normalized spacial score (nSPS) is 42.0. The smallest absolute Gasteiger partial charge is 0.134 e. The highest BCUT2D eigenvalue weighted by atomic mass is 28.3. The summed E-state index contributed by atoms with van der Waals surface area (Å²) in [6, 6.07) is 1.49. The second kappa shape index (κ2) is 10.6. The second-order valence-corrected chi connectivity index (χ2v) is 18.0. The number of hydrogen-bond acceptors (Lipinski definition) is 0. The Hall–Kier alpha value is 0.0769. The van der Waals surface area contributed by atoms with Gasteiger partial charge in [-0.1, -0.05) is 64.7 Å². The molecule has 3 heteroatoms. The third kappa shape index (κ3) is 6.78. The first-order valence-electron chi connectivity index (χ1n) is 13.0. The molecule has 170 valence electrons. The topological polar surface area (TPSA) is 0 Å². The third-order valence-electron chi connectivity index (χ3n) is 8.98. The molecule has 0 saturated heterocycles. The minimum absolute atomic E-state index is 0.00838. The molecule has 0 aromatic rings. The van der Waals surface area contributed by atoms with Crippen LogP contribution >= 0.6 is 0 Å². The Balaban J connectivity index is 1.34.